The molecule has 2 aliphatic rings. The molecule has 0 saturated heterocycles. The largest absolute Gasteiger partial charge is 0.462 e. The van der Waals surface area contributed by atoms with E-state index < -0.39 is 60.4 Å². The number of ether oxygens (including phenoxy) is 4. The highest BCUT2D eigenvalue weighted by Gasteiger charge is 2.58. The fourth-order valence-corrected chi connectivity index (χ4v) is 17.3. The number of rotatable bonds is 13. The molecule has 6 rings (SSSR count). The van der Waals surface area contributed by atoms with E-state index in [0.29, 0.717) is 21.2 Å². The molecule has 0 fully saturated rings. The van der Waals surface area contributed by atoms with Crippen molar-refractivity contribution >= 4 is 81.0 Å². The Morgan fingerprint density at radius 3 is 0.857 bits per heavy atom. The summed E-state index contributed by atoms with van der Waals surface area (Å²) in [5.74, 6) is -5.94. The van der Waals surface area contributed by atoms with Gasteiger partial charge in [0.05, 0.1) is 37.1 Å². The molecule has 4 aromatic carbocycles. The lowest BCUT2D eigenvalue weighted by molar-refractivity contribution is -0.142. The lowest BCUT2D eigenvalue weighted by Gasteiger charge is -2.33. The molecule has 0 saturated carbocycles. The first-order valence-corrected chi connectivity index (χ1v) is 21.8. The van der Waals surface area contributed by atoms with Crippen molar-refractivity contribution in [2.24, 2.45) is 0 Å². The topological polar surface area (TPSA) is 139 Å². The molecule has 0 aromatic heterocycles. The molecule has 0 N–H and O–H groups in total. The van der Waals surface area contributed by atoms with E-state index in [9.17, 15) is 19.2 Å². The minimum absolute atomic E-state index is 0.104. The Bertz CT molecular complexity index is 2150. The number of carbonyl (C=O) groups is 6. The van der Waals surface area contributed by atoms with E-state index in [1.165, 1.54) is 0 Å². The Morgan fingerprint density at radius 1 is 0.393 bits per heavy atom. The molecule has 0 atom stereocenters. The van der Waals surface area contributed by atoms with Crippen LogP contribution in [0.1, 0.15) is 27.7 Å². The highest BCUT2D eigenvalue weighted by atomic mass is 31.2. The highest BCUT2D eigenvalue weighted by Crippen LogP contribution is 2.66. The van der Waals surface area contributed by atoms with Crippen LogP contribution in [0, 0.1) is 0 Å². The Kier molecular flexibility index (Phi) is 12.0. The van der Waals surface area contributed by atoms with Gasteiger partial charge in [0.2, 0.25) is 11.6 Å². The number of Topliss-reactive ketones (excluding diaryl/α,β-unsaturated/α-hetero) is 2. The molecule has 0 bridgehead atoms. The van der Waals surface area contributed by atoms with E-state index in [-0.39, 0.29) is 47.6 Å². The summed E-state index contributed by atoms with van der Waals surface area (Å²) < 4.78 is 22.4. The summed E-state index contributed by atoms with van der Waals surface area (Å²) in [4.78, 5) is 89.4. The van der Waals surface area contributed by atoms with Gasteiger partial charge in [0.1, 0.15) is 11.1 Å². The summed E-state index contributed by atoms with van der Waals surface area (Å²) in [6, 6.07) is 34.8. The second-order valence-corrected chi connectivity index (χ2v) is 18.9. The van der Waals surface area contributed by atoms with E-state index in [1.807, 2.05) is 0 Å². The first-order valence-electron chi connectivity index (χ1n) is 18.2. The SMILES string of the molecule is CCOC(=O)C1=C(C(=O)OCC)P(c2ccccc2)(c2ccccc2)=C(C2=P(c3ccccc3)(c3ccccc3)C(C(=O)OCC)=C(C(=O)OCC)C2=O)C1=O. The van der Waals surface area contributed by atoms with Gasteiger partial charge >= 0.3 is 23.9 Å². The molecule has 286 valence electrons. The van der Waals surface area contributed by atoms with Crippen molar-refractivity contribution in [2.75, 3.05) is 26.4 Å². The number of carbonyl (C=O) groups excluding carboxylic acids is 6. The van der Waals surface area contributed by atoms with Crippen LogP contribution >= 0.6 is 13.8 Å². The fraction of sp³-hybridized carbons (Fsp3) is 0.182. The van der Waals surface area contributed by atoms with E-state index in [1.54, 1.807) is 149 Å². The van der Waals surface area contributed by atoms with Gasteiger partial charge in [-0.15, -0.1) is 0 Å². The molecule has 0 radical (unpaired) electrons. The minimum atomic E-state index is -3.99. The Morgan fingerprint density at radius 2 is 0.625 bits per heavy atom. The molecular weight excluding hydrogens is 750 g/mol. The Labute approximate surface area is 325 Å². The monoisotopic (exact) mass is 790 g/mol. The molecule has 0 aliphatic carbocycles. The van der Waals surface area contributed by atoms with E-state index in [0.717, 1.165) is 0 Å². The Balaban J connectivity index is 2.05. The quantitative estimate of drug-likeness (QED) is 0.0818. The van der Waals surface area contributed by atoms with Crippen LogP contribution in [0.25, 0.3) is 0 Å². The first kappa shape index (κ1) is 39.9. The predicted molar refractivity (Wildman–Crippen MR) is 219 cm³/mol. The molecule has 4 aromatic rings. The summed E-state index contributed by atoms with van der Waals surface area (Å²) in [6.07, 6.45) is 0. The number of hydrogen-bond donors (Lipinski definition) is 0. The van der Waals surface area contributed by atoms with Crippen LogP contribution in [0.4, 0.5) is 0 Å². The third-order valence-electron chi connectivity index (χ3n) is 9.39. The van der Waals surface area contributed by atoms with Gasteiger partial charge in [-0.2, -0.15) is 0 Å². The number of benzene rings is 4. The van der Waals surface area contributed by atoms with Crippen LogP contribution in [-0.2, 0) is 47.7 Å². The summed E-state index contributed by atoms with van der Waals surface area (Å²) in [5, 5.41) is 0.894. The maximum atomic E-state index is 15.8. The maximum absolute atomic E-state index is 15.8. The van der Waals surface area contributed by atoms with Crippen LogP contribution < -0.4 is 21.2 Å². The standard InChI is InChI=1S/C44H40O10P2/c1-5-51-41(47)33-35(45)39(55(29-21-13-9-14-22-29,30-23-15-10-16-24-30)37(33)43(49)53-7-3)40-36(46)34(42(48)52-6-2)38(44(50)54-8-4)56(40,31-25-17-11-18-26-31)32-27-19-12-20-28-32/h9-28H,5-8H2,1-4H3. The fourth-order valence-electron chi connectivity index (χ4n) is 7.45. The second kappa shape index (κ2) is 16.9. The number of ketones is 2. The third kappa shape index (κ3) is 6.33. The predicted octanol–water partition coefficient (Wildman–Crippen LogP) is 4.59. The third-order valence-corrected chi connectivity index (χ3v) is 18.2. The number of hydrogen-bond acceptors (Lipinski definition) is 10. The summed E-state index contributed by atoms with van der Waals surface area (Å²) in [7, 11) is 0. The van der Waals surface area contributed by atoms with Gasteiger partial charge in [-0.25, -0.2) is 19.2 Å². The molecule has 2 aliphatic heterocycles. The molecule has 0 spiro atoms. The van der Waals surface area contributed by atoms with Crippen molar-refractivity contribution in [3.63, 3.8) is 0 Å². The molecule has 0 amide bonds. The van der Waals surface area contributed by atoms with E-state index in [4.69, 9.17) is 18.9 Å². The lowest BCUT2D eigenvalue weighted by Crippen LogP contribution is -2.38. The smallest absolute Gasteiger partial charge is 0.343 e. The molecule has 56 heavy (non-hydrogen) atoms. The van der Waals surface area contributed by atoms with Gasteiger partial charge in [0.25, 0.3) is 0 Å². The highest BCUT2D eigenvalue weighted by molar-refractivity contribution is 8.04. The average Bonchev–Trinajstić information content (AvgIpc) is 3.65. The van der Waals surface area contributed by atoms with Crippen molar-refractivity contribution in [3.8, 4) is 0 Å². The van der Waals surface area contributed by atoms with Crippen molar-refractivity contribution in [1.29, 1.82) is 0 Å². The first-order chi connectivity index (χ1) is 27.2. The van der Waals surface area contributed by atoms with E-state index >= 15 is 9.59 Å². The zero-order valence-corrected chi connectivity index (χ0v) is 33.1. The minimum Gasteiger partial charge on any atom is -0.462 e. The molecule has 10 nitrogen and oxygen atoms in total. The van der Waals surface area contributed by atoms with Gasteiger partial charge in [0.15, 0.2) is 0 Å². The average molecular weight is 791 g/mol. The summed E-state index contributed by atoms with van der Waals surface area (Å²) >= 11 is 0. The van der Waals surface area contributed by atoms with Crippen LogP contribution in [-0.4, -0.2) is 72.5 Å². The molecule has 0 unspecified atom stereocenters. The molecular formula is C44H40O10P2. The lowest BCUT2D eigenvalue weighted by atomic mass is 10.0. The van der Waals surface area contributed by atoms with Crippen LogP contribution in [0.15, 0.2) is 143 Å². The summed E-state index contributed by atoms with van der Waals surface area (Å²) in [5.41, 5.74) is -1.16. The van der Waals surface area contributed by atoms with Crippen LogP contribution in [0.5, 0.6) is 0 Å². The van der Waals surface area contributed by atoms with Crippen molar-refractivity contribution in [3.05, 3.63) is 143 Å². The van der Waals surface area contributed by atoms with Gasteiger partial charge in [0, 0.05) is 10.6 Å². The van der Waals surface area contributed by atoms with Gasteiger partial charge in [-0.1, -0.05) is 121 Å². The zero-order valence-electron chi connectivity index (χ0n) is 31.4. The van der Waals surface area contributed by atoms with Crippen molar-refractivity contribution in [1.82, 2.24) is 0 Å². The number of esters is 4. The normalized spacial score (nSPS) is 15.9. The van der Waals surface area contributed by atoms with Crippen molar-refractivity contribution in [2.45, 2.75) is 27.7 Å². The van der Waals surface area contributed by atoms with Crippen molar-refractivity contribution < 1.29 is 47.7 Å². The maximum Gasteiger partial charge on any atom is 0.343 e. The summed E-state index contributed by atoms with van der Waals surface area (Å²) in [6.45, 7) is -2.10. The molecule has 2 heterocycles. The van der Waals surface area contributed by atoms with Crippen LogP contribution in [0.3, 0.4) is 0 Å². The van der Waals surface area contributed by atoms with E-state index in [2.05, 4.69) is 0 Å². The van der Waals surface area contributed by atoms with Gasteiger partial charge in [-0.3, -0.25) is 9.59 Å². The molecule has 12 heteroatoms. The van der Waals surface area contributed by atoms with Crippen LogP contribution in [0.2, 0.25) is 0 Å². The zero-order chi connectivity index (χ0) is 40.0. The van der Waals surface area contributed by atoms with Gasteiger partial charge < -0.3 is 18.9 Å². The Hall–Kier alpha value is -5.82. The van der Waals surface area contributed by atoms with Gasteiger partial charge in [-0.05, 0) is 62.7 Å². The second-order valence-electron chi connectivity index (χ2n) is 12.4.